The van der Waals surface area contributed by atoms with Crippen LogP contribution >= 0.6 is 0 Å². The largest absolute Gasteiger partial charge is 0.422 e. The molecule has 25 heavy (non-hydrogen) atoms. The van der Waals surface area contributed by atoms with Crippen LogP contribution in [-0.2, 0) is 10.9 Å². The van der Waals surface area contributed by atoms with E-state index in [1.165, 1.54) is 31.2 Å². The van der Waals surface area contributed by atoms with Gasteiger partial charge in [-0.25, -0.2) is 4.79 Å². The molecule has 0 aromatic heterocycles. The fourth-order valence-corrected chi connectivity index (χ4v) is 2.50. The second-order valence-corrected chi connectivity index (χ2v) is 5.45. The van der Waals surface area contributed by atoms with Gasteiger partial charge in [-0.05, 0) is 42.3 Å². The number of ether oxygens (including phenoxy) is 1. The molecule has 1 aliphatic heterocycles. The van der Waals surface area contributed by atoms with Crippen LogP contribution in [0.3, 0.4) is 0 Å². The highest BCUT2D eigenvalue weighted by atomic mass is 19.4. The molecule has 0 unspecified atom stereocenters. The number of rotatable bonds is 2. The summed E-state index contributed by atoms with van der Waals surface area (Å²) in [4.78, 5) is 22.0. The zero-order chi connectivity index (χ0) is 18.4. The number of cyclic esters (lactones) is 1. The zero-order valence-corrected chi connectivity index (χ0v) is 12.8. The summed E-state index contributed by atoms with van der Waals surface area (Å²) in [6.07, 6.45) is -3.01. The Kier molecular flexibility index (Phi) is 3.82. The first-order chi connectivity index (χ1) is 11.7. The number of carbonyl (C=O) groups is 1. The van der Waals surface area contributed by atoms with Gasteiger partial charge in [0.1, 0.15) is 5.76 Å². The highest BCUT2D eigenvalue weighted by molar-refractivity contribution is 6.06. The average Bonchev–Trinajstić information content (AvgIpc) is 2.84. The van der Waals surface area contributed by atoms with Crippen LogP contribution in [0.5, 0.6) is 0 Å². The van der Waals surface area contributed by atoms with Crippen LogP contribution < -0.4 is 0 Å². The van der Waals surface area contributed by atoms with Crippen molar-refractivity contribution < 1.29 is 27.6 Å². The van der Waals surface area contributed by atoms with Gasteiger partial charge < -0.3 is 4.74 Å². The minimum Gasteiger partial charge on any atom is -0.422 e. The lowest BCUT2D eigenvalue weighted by Gasteiger charge is -2.09. The smallest absolute Gasteiger partial charge is 0.416 e. The van der Waals surface area contributed by atoms with E-state index in [-0.39, 0.29) is 17.0 Å². The van der Waals surface area contributed by atoms with Crippen molar-refractivity contribution >= 4 is 23.5 Å². The maximum absolute atomic E-state index is 12.7. The van der Waals surface area contributed by atoms with Crippen LogP contribution in [0.4, 0.5) is 18.9 Å². The van der Waals surface area contributed by atoms with Crippen molar-refractivity contribution in [1.29, 1.82) is 0 Å². The van der Waals surface area contributed by atoms with E-state index in [0.29, 0.717) is 16.7 Å². The second kappa shape index (κ2) is 5.73. The summed E-state index contributed by atoms with van der Waals surface area (Å²) >= 11 is 0. The molecule has 0 atom stereocenters. The normalized spacial score (nSPS) is 15.2. The molecule has 8 heteroatoms. The summed E-state index contributed by atoms with van der Waals surface area (Å²) < 4.78 is 43.2. The van der Waals surface area contributed by atoms with Crippen molar-refractivity contribution in [3.8, 4) is 0 Å². The molecule has 0 amide bonds. The monoisotopic (exact) mass is 349 g/mol. The highest BCUT2D eigenvalue weighted by Crippen LogP contribution is 2.35. The summed E-state index contributed by atoms with van der Waals surface area (Å²) in [5, 5.41) is 10.8. The average molecular weight is 349 g/mol. The van der Waals surface area contributed by atoms with Crippen LogP contribution in [0.25, 0.3) is 11.8 Å². The van der Waals surface area contributed by atoms with Crippen LogP contribution in [0.15, 0.2) is 36.4 Å². The zero-order valence-electron chi connectivity index (χ0n) is 12.8. The molecule has 1 heterocycles. The van der Waals surface area contributed by atoms with E-state index in [1.807, 2.05) is 0 Å². The summed E-state index contributed by atoms with van der Waals surface area (Å²) in [5.74, 6) is -0.604. The number of hydrogen-bond donors (Lipinski definition) is 0. The van der Waals surface area contributed by atoms with E-state index in [1.54, 1.807) is 0 Å². The van der Waals surface area contributed by atoms with E-state index >= 15 is 0 Å². The summed E-state index contributed by atoms with van der Waals surface area (Å²) in [7, 11) is 0. The van der Waals surface area contributed by atoms with E-state index in [0.717, 1.165) is 18.2 Å². The topological polar surface area (TPSA) is 69.4 Å². The molecule has 3 rings (SSSR count). The van der Waals surface area contributed by atoms with E-state index in [2.05, 4.69) is 0 Å². The maximum atomic E-state index is 12.7. The number of hydrogen-bond acceptors (Lipinski definition) is 4. The third-order valence-electron chi connectivity index (χ3n) is 3.79. The first-order valence-corrected chi connectivity index (χ1v) is 7.07. The Balaban J connectivity index is 2.02. The predicted octanol–water partition coefficient (Wildman–Crippen LogP) is 4.59. The first-order valence-electron chi connectivity index (χ1n) is 7.07. The SMILES string of the molecule is Cc1cc(C(F)(F)F)ccc1/C=C1\OC(=O)c2cc([N+](=O)[O-])ccc21. The maximum Gasteiger partial charge on any atom is 0.416 e. The van der Waals surface area contributed by atoms with E-state index in [9.17, 15) is 28.1 Å². The van der Waals surface area contributed by atoms with Gasteiger partial charge in [-0.3, -0.25) is 10.1 Å². The van der Waals surface area contributed by atoms with Gasteiger partial charge in [0, 0.05) is 17.7 Å². The summed E-state index contributed by atoms with van der Waals surface area (Å²) in [5.41, 5.74) is 0.185. The van der Waals surface area contributed by atoms with Gasteiger partial charge in [0.05, 0.1) is 16.1 Å². The molecule has 128 valence electrons. The van der Waals surface area contributed by atoms with Gasteiger partial charge >= 0.3 is 12.1 Å². The lowest BCUT2D eigenvalue weighted by Crippen LogP contribution is -2.05. The Hall–Kier alpha value is -3.16. The van der Waals surface area contributed by atoms with E-state index in [4.69, 9.17) is 4.74 Å². The molecular formula is C17H10F3NO4. The lowest BCUT2D eigenvalue weighted by molar-refractivity contribution is -0.384. The molecule has 0 fully saturated rings. The number of alkyl halides is 3. The molecule has 0 spiro atoms. The molecule has 0 saturated carbocycles. The van der Waals surface area contributed by atoms with Crippen molar-refractivity contribution in [3.05, 3.63) is 74.3 Å². The standard InChI is InChI=1S/C17H10F3NO4/c1-9-6-11(17(18,19)20)3-2-10(9)7-15-13-5-4-12(21(23)24)8-14(13)16(22)25-15/h2-8H,1H3/b15-7-. The Labute approximate surface area is 139 Å². The second-order valence-electron chi connectivity index (χ2n) is 5.45. The lowest BCUT2D eigenvalue weighted by atomic mass is 10.0. The number of nitro groups is 1. The Morgan fingerprint density at radius 2 is 1.84 bits per heavy atom. The molecule has 5 nitrogen and oxygen atoms in total. The van der Waals surface area contributed by atoms with Crippen molar-refractivity contribution in [2.45, 2.75) is 13.1 Å². The third kappa shape index (κ3) is 3.10. The summed E-state index contributed by atoms with van der Waals surface area (Å²) in [6, 6.07) is 6.94. The quantitative estimate of drug-likeness (QED) is 0.452. The minimum absolute atomic E-state index is 0.0463. The first kappa shape index (κ1) is 16.7. The van der Waals surface area contributed by atoms with Gasteiger partial charge in [0.15, 0.2) is 0 Å². The van der Waals surface area contributed by atoms with Crippen molar-refractivity contribution in [2.24, 2.45) is 0 Å². The number of esters is 1. The highest BCUT2D eigenvalue weighted by Gasteiger charge is 2.31. The van der Waals surface area contributed by atoms with Crippen molar-refractivity contribution in [2.75, 3.05) is 0 Å². The van der Waals surface area contributed by atoms with Crippen LogP contribution in [-0.4, -0.2) is 10.9 Å². The predicted molar refractivity (Wildman–Crippen MR) is 82.6 cm³/mol. The fraction of sp³-hybridized carbons (Fsp3) is 0.118. The fourth-order valence-electron chi connectivity index (χ4n) is 2.50. The molecule has 0 saturated heterocycles. The van der Waals surface area contributed by atoms with Gasteiger partial charge in [-0.2, -0.15) is 13.2 Å². The molecule has 0 bridgehead atoms. The number of non-ortho nitro benzene ring substituents is 1. The number of nitrogens with zero attached hydrogens (tertiary/aromatic N) is 1. The van der Waals surface area contributed by atoms with Gasteiger partial charge in [0.2, 0.25) is 0 Å². The van der Waals surface area contributed by atoms with Crippen molar-refractivity contribution in [3.63, 3.8) is 0 Å². The molecule has 0 N–H and O–H groups in total. The molecular weight excluding hydrogens is 339 g/mol. The number of carbonyl (C=O) groups excluding carboxylic acids is 1. The Morgan fingerprint density at radius 3 is 2.44 bits per heavy atom. The molecule has 2 aromatic carbocycles. The van der Waals surface area contributed by atoms with Crippen LogP contribution in [0, 0.1) is 17.0 Å². The Bertz CT molecular complexity index is 932. The van der Waals surface area contributed by atoms with Crippen molar-refractivity contribution in [1.82, 2.24) is 0 Å². The molecule has 0 aliphatic carbocycles. The third-order valence-corrected chi connectivity index (χ3v) is 3.79. The van der Waals surface area contributed by atoms with Gasteiger partial charge in [-0.1, -0.05) is 6.07 Å². The number of halogens is 3. The number of nitro benzene ring substituents is 1. The van der Waals surface area contributed by atoms with E-state index < -0.39 is 22.6 Å². The minimum atomic E-state index is -4.44. The number of aryl methyl sites for hydroxylation is 1. The number of benzene rings is 2. The van der Waals surface area contributed by atoms with Gasteiger partial charge in [-0.15, -0.1) is 0 Å². The Morgan fingerprint density at radius 1 is 1.12 bits per heavy atom. The number of fused-ring (bicyclic) bond motifs is 1. The van der Waals surface area contributed by atoms with Crippen LogP contribution in [0.2, 0.25) is 0 Å². The molecule has 1 aliphatic rings. The molecule has 2 aromatic rings. The summed E-state index contributed by atoms with van der Waals surface area (Å²) in [6.45, 7) is 1.51. The van der Waals surface area contributed by atoms with Crippen LogP contribution in [0.1, 0.15) is 32.6 Å². The van der Waals surface area contributed by atoms with Gasteiger partial charge in [0.25, 0.3) is 5.69 Å². The molecule has 0 radical (unpaired) electrons.